The highest BCUT2D eigenvalue weighted by Gasteiger charge is 2.23. The summed E-state index contributed by atoms with van der Waals surface area (Å²) in [5.74, 6) is -1.31. The minimum absolute atomic E-state index is 0.259. The average Bonchev–Trinajstić information content (AvgIpc) is 2.66. The second-order valence-electron chi connectivity index (χ2n) is 5.32. The van der Waals surface area contributed by atoms with Gasteiger partial charge < -0.3 is 15.4 Å². The van der Waals surface area contributed by atoms with Gasteiger partial charge in [-0.15, -0.1) is 0 Å². The van der Waals surface area contributed by atoms with Crippen LogP contribution in [0.2, 0.25) is 0 Å². The Hall–Kier alpha value is -1.59. The fourth-order valence-corrected chi connectivity index (χ4v) is 2.91. The molecule has 6 heteroatoms. The van der Waals surface area contributed by atoms with E-state index in [9.17, 15) is 13.2 Å². The Morgan fingerprint density at radius 2 is 2.10 bits per heavy atom. The molecule has 3 nitrogen and oxygen atoms in total. The Labute approximate surface area is 122 Å². The lowest BCUT2D eigenvalue weighted by atomic mass is 10.1. The third-order valence-corrected chi connectivity index (χ3v) is 3.96. The maximum absolute atomic E-state index is 13.7. The fraction of sp³-hybridized carbons (Fsp3) is 0.600. The summed E-state index contributed by atoms with van der Waals surface area (Å²) in [4.78, 5) is 2.10. The van der Waals surface area contributed by atoms with E-state index in [0.29, 0.717) is 11.7 Å². The van der Waals surface area contributed by atoms with E-state index < -0.39 is 18.2 Å². The predicted octanol–water partition coefficient (Wildman–Crippen LogP) is 4.17. The first kappa shape index (κ1) is 15.8. The summed E-state index contributed by atoms with van der Waals surface area (Å²) in [7, 11) is 0. The van der Waals surface area contributed by atoms with E-state index in [0.717, 1.165) is 44.7 Å². The molecule has 0 radical (unpaired) electrons. The van der Waals surface area contributed by atoms with Crippen LogP contribution < -0.4 is 15.4 Å². The highest BCUT2D eigenvalue weighted by molar-refractivity contribution is 5.70. The standard InChI is InChI=1S/C15H21F3N2O/c1-2-10-6-4-3-5-7-20(10)13-9-14(21-15(17)18)11(16)8-12(13)19/h8-10,15H,2-7,19H2,1H3. The number of nitrogens with two attached hydrogens (primary N) is 1. The van der Waals surface area contributed by atoms with Crippen LogP contribution in [0.3, 0.4) is 0 Å². The van der Waals surface area contributed by atoms with Crippen LogP contribution in [-0.2, 0) is 0 Å². The maximum Gasteiger partial charge on any atom is 0.387 e. The van der Waals surface area contributed by atoms with Crippen molar-refractivity contribution in [2.75, 3.05) is 17.2 Å². The van der Waals surface area contributed by atoms with E-state index in [1.54, 1.807) is 0 Å². The molecule has 1 aliphatic rings. The van der Waals surface area contributed by atoms with Crippen molar-refractivity contribution < 1.29 is 17.9 Å². The van der Waals surface area contributed by atoms with Gasteiger partial charge in [0.25, 0.3) is 0 Å². The third-order valence-electron chi connectivity index (χ3n) is 3.96. The van der Waals surface area contributed by atoms with Crippen LogP contribution in [0.25, 0.3) is 0 Å². The summed E-state index contributed by atoms with van der Waals surface area (Å²) in [5, 5.41) is 0. The van der Waals surface area contributed by atoms with Gasteiger partial charge in [0.1, 0.15) is 0 Å². The van der Waals surface area contributed by atoms with Crippen LogP contribution in [0.1, 0.15) is 39.0 Å². The number of anilines is 2. The zero-order valence-corrected chi connectivity index (χ0v) is 12.1. The summed E-state index contributed by atoms with van der Waals surface area (Å²) in [5.41, 5.74) is 6.74. The van der Waals surface area contributed by atoms with Crippen molar-refractivity contribution in [2.24, 2.45) is 0 Å². The molecule has 118 valence electrons. The number of hydrogen-bond acceptors (Lipinski definition) is 3. The Kier molecular flexibility index (Phi) is 5.20. The molecule has 1 fully saturated rings. The van der Waals surface area contributed by atoms with Gasteiger partial charge >= 0.3 is 6.61 Å². The minimum atomic E-state index is -3.05. The van der Waals surface area contributed by atoms with Gasteiger partial charge in [-0.3, -0.25) is 0 Å². The number of hydrogen-bond donors (Lipinski definition) is 1. The van der Waals surface area contributed by atoms with E-state index >= 15 is 0 Å². The van der Waals surface area contributed by atoms with Crippen molar-refractivity contribution in [3.05, 3.63) is 17.9 Å². The van der Waals surface area contributed by atoms with E-state index in [-0.39, 0.29) is 5.69 Å². The monoisotopic (exact) mass is 302 g/mol. The number of benzene rings is 1. The van der Waals surface area contributed by atoms with E-state index in [1.807, 2.05) is 0 Å². The number of ether oxygens (including phenoxy) is 1. The lowest BCUT2D eigenvalue weighted by Crippen LogP contribution is -2.35. The van der Waals surface area contributed by atoms with Gasteiger partial charge in [0, 0.05) is 24.7 Å². The van der Waals surface area contributed by atoms with Gasteiger partial charge in [-0.05, 0) is 19.3 Å². The second kappa shape index (κ2) is 6.91. The number of halogens is 3. The number of rotatable bonds is 4. The summed E-state index contributed by atoms with van der Waals surface area (Å²) < 4.78 is 42.6. The van der Waals surface area contributed by atoms with Crippen molar-refractivity contribution in [1.82, 2.24) is 0 Å². The quantitative estimate of drug-likeness (QED) is 0.848. The summed E-state index contributed by atoms with van der Waals surface area (Å²) in [6.45, 7) is -0.177. The van der Waals surface area contributed by atoms with Gasteiger partial charge in [-0.1, -0.05) is 19.8 Å². The van der Waals surface area contributed by atoms with Crippen molar-refractivity contribution in [3.8, 4) is 5.75 Å². The largest absolute Gasteiger partial charge is 0.432 e. The summed E-state index contributed by atoms with van der Waals surface area (Å²) >= 11 is 0. The lowest BCUT2D eigenvalue weighted by Gasteiger charge is -2.32. The average molecular weight is 302 g/mol. The number of nitrogens with zero attached hydrogens (tertiary/aromatic N) is 1. The topological polar surface area (TPSA) is 38.5 Å². The van der Waals surface area contributed by atoms with Gasteiger partial charge in [-0.2, -0.15) is 8.78 Å². The molecule has 2 N–H and O–H groups in total. The molecule has 1 atom stereocenters. The molecule has 1 saturated heterocycles. The molecule has 0 aliphatic carbocycles. The van der Waals surface area contributed by atoms with Gasteiger partial charge in [0.15, 0.2) is 11.6 Å². The minimum Gasteiger partial charge on any atom is -0.432 e. The second-order valence-corrected chi connectivity index (χ2v) is 5.32. The van der Waals surface area contributed by atoms with E-state index in [2.05, 4.69) is 16.6 Å². The Morgan fingerprint density at radius 1 is 1.33 bits per heavy atom. The SMILES string of the molecule is CCC1CCCCCN1c1cc(OC(F)F)c(F)cc1N. The molecule has 0 spiro atoms. The molecular weight excluding hydrogens is 281 g/mol. The highest BCUT2D eigenvalue weighted by Crippen LogP contribution is 2.35. The van der Waals surface area contributed by atoms with Crippen LogP contribution >= 0.6 is 0 Å². The highest BCUT2D eigenvalue weighted by atomic mass is 19.3. The van der Waals surface area contributed by atoms with Gasteiger partial charge in [-0.25, -0.2) is 4.39 Å². The fourth-order valence-electron chi connectivity index (χ4n) is 2.91. The first-order valence-corrected chi connectivity index (χ1v) is 7.33. The first-order valence-electron chi connectivity index (χ1n) is 7.33. The van der Waals surface area contributed by atoms with Crippen LogP contribution in [0.15, 0.2) is 12.1 Å². The molecule has 1 aromatic carbocycles. The predicted molar refractivity (Wildman–Crippen MR) is 77.3 cm³/mol. The van der Waals surface area contributed by atoms with E-state index in [4.69, 9.17) is 5.73 Å². The van der Waals surface area contributed by atoms with Gasteiger partial charge in [0.2, 0.25) is 0 Å². The smallest absolute Gasteiger partial charge is 0.387 e. The molecule has 1 heterocycles. The third kappa shape index (κ3) is 3.74. The zero-order valence-electron chi connectivity index (χ0n) is 12.1. The molecule has 0 bridgehead atoms. The molecule has 1 unspecified atom stereocenters. The zero-order chi connectivity index (χ0) is 15.4. The number of nitrogen functional groups attached to an aromatic ring is 1. The molecular formula is C15H21F3N2O. The Morgan fingerprint density at radius 3 is 2.76 bits per heavy atom. The Balaban J connectivity index is 2.35. The maximum atomic E-state index is 13.7. The molecule has 0 aromatic heterocycles. The molecule has 0 saturated carbocycles. The summed E-state index contributed by atoms with van der Waals surface area (Å²) in [6.07, 6.45) is 5.24. The van der Waals surface area contributed by atoms with Crippen LogP contribution in [0.5, 0.6) is 5.75 Å². The van der Waals surface area contributed by atoms with Crippen LogP contribution in [0, 0.1) is 5.82 Å². The van der Waals surface area contributed by atoms with Crippen molar-refractivity contribution in [2.45, 2.75) is 51.7 Å². The molecule has 0 amide bonds. The van der Waals surface area contributed by atoms with Crippen molar-refractivity contribution in [3.63, 3.8) is 0 Å². The molecule has 1 aromatic rings. The van der Waals surface area contributed by atoms with Crippen molar-refractivity contribution in [1.29, 1.82) is 0 Å². The van der Waals surface area contributed by atoms with Gasteiger partial charge in [0.05, 0.1) is 11.4 Å². The first-order chi connectivity index (χ1) is 10.0. The van der Waals surface area contributed by atoms with E-state index in [1.165, 1.54) is 6.07 Å². The lowest BCUT2D eigenvalue weighted by molar-refractivity contribution is -0.0521. The molecule has 21 heavy (non-hydrogen) atoms. The molecule has 1 aliphatic heterocycles. The Bertz CT molecular complexity index is 482. The molecule has 2 rings (SSSR count). The number of alkyl halides is 2. The van der Waals surface area contributed by atoms with Crippen molar-refractivity contribution >= 4 is 11.4 Å². The normalized spacial score (nSPS) is 19.7. The van der Waals surface area contributed by atoms with Crippen LogP contribution in [0.4, 0.5) is 24.5 Å². The summed E-state index contributed by atoms with van der Waals surface area (Å²) in [6, 6.07) is 2.65. The van der Waals surface area contributed by atoms with Crippen LogP contribution in [-0.4, -0.2) is 19.2 Å².